The fraction of sp³-hybridized carbons (Fsp3) is 0.314. The number of likely N-dealkylation sites (N-methyl/N-ethyl adjacent to an activating group) is 1. The maximum atomic E-state index is 13.5. The molecule has 0 aromatic heterocycles. The molecule has 2 amide bonds. The zero-order chi connectivity index (χ0) is 28.6. The van der Waals surface area contributed by atoms with E-state index in [2.05, 4.69) is 59.9 Å². The number of hydrogen-bond donors (Lipinski definition) is 1. The van der Waals surface area contributed by atoms with E-state index in [-0.39, 0.29) is 11.8 Å². The molecule has 0 aliphatic carbocycles. The number of nitrogens with zero attached hydrogens (tertiary/aromatic N) is 2. The molecule has 0 aliphatic rings. The van der Waals surface area contributed by atoms with Gasteiger partial charge in [0.1, 0.15) is 6.04 Å². The second-order valence-electron chi connectivity index (χ2n) is 12.1. The molecule has 5 aromatic carbocycles. The van der Waals surface area contributed by atoms with E-state index in [1.165, 1.54) is 37.9 Å². The van der Waals surface area contributed by atoms with Gasteiger partial charge in [-0.15, -0.1) is 0 Å². The standard InChI is InChI=1S/C35H39N3O2/c1-35(2,3)36-34(40)33(27-17-20-28(21-18-27)37(4)5)38(6)30(39)12-8-9-23-13-14-26-16-15-24-10-7-11-25-19-22-29(23)32(26)31(24)25/h7,10-11,13-22,33H,8-9,12H2,1-6H3,(H,36,40). The van der Waals surface area contributed by atoms with Crippen LogP contribution < -0.4 is 10.2 Å². The second-order valence-corrected chi connectivity index (χ2v) is 12.1. The minimum atomic E-state index is -0.697. The summed E-state index contributed by atoms with van der Waals surface area (Å²) in [5, 5.41) is 10.7. The number of benzene rings is 5. The van der Waals surface area contributed by atoms with Crippen molar-refractivity contribution in [3.8, 4) is 0 Å². The van der Waals surface area contributed by atoms with Gasteiger partial charge in [0.05, 0.1) is 0 Å². The van der Waals surface area contributed by atoms with Crippen LogP contribution in [0.1, 0.15) is 50.8 Å². The first-order valence-corrected chi connectivity index (χ1v) is 14.0. The van der Waals surface area contributed by atoms with E-state index in [9.17, 15) is 9.59 Å². The Labute approximate surface area is 237 Å². The molecule has 5 aromatic rings. The van der Waals surface area contributed by atoms with Gasteiger partial charge in [-0.05, 0) is 89.2 Å². The Hall–Kier alpha value is -4.12. The third kappa shape index (κ3) is 5.46. The molecule has 0 spiro atoms. The van der Waals surface area contributed by atoms with Crippen LogP contribution in [0.4, 0.5) is 5.69 Å². The van der Waals surface area contributed by atoms with Crippen molar-refractivity contribution in [2.24, 2.45) is 0 Å². The molecule has 1 unspecified atom stereocenters. The summed E-state index contributed by atoms with van der Waals surface area (Å²) in [6.45, 7) is 5.86. The van der Waals surface area contributed by atoms with Gasteiger partial charge in [0, 0.05) is 38.8 Å². The van der Waals surface area contributed by atoms with Gasteiger partial charge in [0.25, 0.3) is 0 Å². The summed E-state index contributed by atoms with van der Waals surface area (Å²) in [7, 11) is 5.70. The average molecular weight is 534 g/mol. The van der Waals surface area contributed by atoms with E-state index in [4.69, 9.17) is 0 Å². The topological polar surface area (TPSA) is 52.7 Å². The monoisotopic (exact) mass is 533 g/mol. The summed E-state index contributed by atoms with van der Waals surface area (Å²) >= 11 is 0. The Balaban J connectivity index is 1.35. The number of carbonyl (C=O) groups excluding carboxylic acids is 2. The Morgan fingerprint density at radius 2 is 1.38 bits per heavy atom. The minimum absolute atomic E-state index is 0.0385. The molecule has 1 N–H and O–H groups in total. The van der Waals surface area contributed by atoms with Gasteiger partial charge in [0.2, 0.25) is 11.8 Å². The first-order chi connectivity index (χ1) is 19.0. The molecule has 40 heavy (non-hydrogen) atoms. The number of anilines is 1. The number of carbonyl (C=O) groups is 2. The summed E-state index contributed by atoms with van der Waals surface area (Å²) in [5.74, 6) is -0.212. The summed E-state index contributed by atoms with van der Waals surface area (Å²) < 4.78 is 0. The molecule has 0 saturated carbocycles. The van der Waals surface area contributed by atoms with Crippen LogP contribution in [0, 0.1) is 0 Å². The quantitative estimate of drug-likeness (QED) is 0.217. The zero-order valence-electron chi connectivity index (χ0n) is 24.4. The number of amides is 2. The zero-order valence-corrected chi connectivity index (χ0v) is 24.4. The molecule has 5 nitrogen and oxygen atoms in total. The number of aryl methyl sites for hydroxylation is 1. The van der Waals surface area contributed by atoms with Crippen molar-refractivity contribution in [2.75, 3.05) is 26.0 Å². The Morgan fingerprint density at radius 1 is 0.775 bits per heavy atom. The van der Waals surface area contributed by atoms with Crippen molar-refractivity contribution in [3.05, 3.63) is 90.0 Å². The van der Waals surface area contributed by atoms with Crippen molar-refractivity contribution in [2.45, 2.75) is 51.6 Å². The van der Waals surface area contributed by atoms with E-state index in [1.54, 1.807) is 11.9 Å². The smallest absolute Gasteiger partial charge is 0.247 e. The molecule has 0 bridgehead atoms. The number of hydrogen-bond acceptors (Lipinski definition) is 3. The molecule has 0 heterocycles. The highest BCUT2D eigenvalue weighted by atomic mass is 16.2. The molecule has 206 valence electrons. The first-order valence-electron chi connectivity index (χ1n) is 14.0. The fourth-order valence-corrected chi connectivity index (χ4v) is 5.71. The lowest BCUT2D eigenvalue weighted by Crippen LogP contribution is -2.48. The average Bonchev–Trinajstić information content (AvgIpc) is 2.91. The Kier molecular flexibility index (Phi) is 7.41. The number of nitrogens with one attached hydrogen (secondary N) is 1. The van der Waals surface area contributed by atoms with Crippen molar-refractivity contribution in [3.63, 3.8) is 0 Å². The van der Waals surface area contributed by atoms with E-state index in [1.807, 2.05) is 64.0 Å². The van der Waals surface area contributed by atoms with E-state index < -0.39 is 11.6 Å². The highest BCUT2D eigenvalue weighted by Gasteiger charge is 2.30. The maximum absolute atomic E-state index is 13.5. The Bertz CT molecular complexity index is 1650. The lowest BCUT2D eigenvalue weighted by molar-refractivity contribution is -0.140. The first kappa shape index (κ1) is 27.4. The summed E-state index contributed by atoms with van der Waals surface area (Å²) in [6, 6.07) is 26.8. The van der Waals surface area contributed by atoms with E-state index >= 15 is 0 Å². The van der Waals surface area contributed by atoms with Crippen molar-refractivity contribution in [1.82, 2.24) is 10.2 Å². The van der Waals surface area contributed by atoms with Crippen LogP contribution in [0.15, 0.2) is 78.9 Å². The molecular weight excluding hydrogens is 494 g/mol. The molecule has 5 rings (SSSR count). The third-order valence-electron chi connectivity index (χ3n) is 7.71. The molecule has 0 aliphatic heterocycles. The van der Waals surface area contributed by atoms with Gasteiger partial charge in [-0.25, -0.2) is 0 Å². The molecule has 0 radical (unpaired) electrons. The van der Waals surface area contributed by atoms with Gasteiger partial charge < -0.3 is 15.1 Å². The van der Waals surface area contributed by atoms with Gasteiger partial charge >= 0.3 is 0 Å². The van der Waals surface area contributed by atoms with Crippen molar-refractivity contribution in [1.29, 1.82) is 0 Å². The number of rotatable bonds is 8. The lowest BCUT2D eigenvalue weighted by atomic mass is 9.90. The van der Waals surface area contributed by atoms with E-state index in [0.717, 1.165) is 17.7 Å². The van der Waals surface area contributed by atoms with Crippen molar-refractivity contribution >= 4 is 49.8 Å². The minimum Gasteiger partial charge on any atom is -0.378 e. The van der Waals surface area contributed by atoms with Crippen LogP contribution in [-0.2, 0) is 16.0 Å². The van der Waals surface area contributed by atoms with Crippen LogP contribution in [0.25, 0.3) is 32.3 Å². The van der Waals surface area contributed by atoms with Crippen LogP contribution in [0.3, 0.4) is 0 Å². The lowest BCUT2D eigenvalue weighted by Gasteiger charge is -2.31. The van der Waals surface area contributed by atoms with Crippen LogP contribution in [0.2, 0.25) is 0 Å². The van der Waals surface area contributed by atoms with Gasteiger partial charge in [-0.3, -0.25) is 9.59 Å². The summed E-state index contributed by atoms with van der Waals surface area (Å²) in [4.78, 5) is 30.5. The van der Waals surface area contributed by atoms with Crippen LogP contribution in [-0.4, -0.2) is 43.4 Å². The van der Waals surface area contributed by atoms with Crippen LogP contribution >= 0.6 is 0 Å². The molecule has 0 fully saturated rings. The maximum Gasteiger partial charge on any atom is 0.247 e. The summed E-state index contributed by atoms with van der Waals surface area (Å²) in [5.41, 5.74) is 2.69. The SMILES string of the molecule is CN(C)c1ccc(C(C(=O)NC(C)(C)C)N(C)C(=O)CCCc2ccc3ccc4cccc5ccc2c3c45)cc1. The fourth-order valence-electron chi connectivity index (χ4n) is 5.71. The molecule has 5 heteroatoms. The van der Waals surface area contributed by atoms with Gasteiger partial charge in [-0.1, -0.05) is 66.7 Å². The van der Waals surface area contributed by atoms with Crippen molar-refractivity contribution < 1.29 is 9.59 Å². The normalized spacial score (nSPS) is 12.7. The predicted molar refractivity (Wildman–Crippen MR) is 167 cm³/mol. The van der Waals surface area contributed by atoms with Gasteiger partial charge in [-0.2, -0.15) is 0 Å². The van der Waals surface area contributed by atoms with Gasteiger partial charge in [0.15, 0.2) is 0 Å². The third-order valence-corrected chi connectivity index (χ3v) is 7.71. The second kappa shape index (κ2) is 10.8. The highest BCUT2D eigenvalue weighted by molar-refractivity contribution is 6.23. The van der Waals surface area contributed by atoms with Crippen LogP contribution in [0.5, 0.6) is 0 Å². The Morgan fingerprint density at radius 3 is 2.00 bits per heavy atom. The molecule has 1 atom stereocenters. The molecule has 0 saturated heterocycles. The molecular formula is C35H39N3O2. The predicted octanol–water partition coefficient (Wildman–Crippen LogP) is 7.09. The summed E-state index contributed by atoms with van der Waals surface area (Å²) in [6.07, 6.45) is 1.87. The largest absolute Gasteiger partial charge is 0.378 e. The van der Waals surface area contributed by atoms with E-state index in [0.29, 0.717) is 12.8 Å². The highest BCUT2D eigenvalue weighted by Crippen LogP contribution is 2.36.